The van der Waals surface area contributed by atoms with Crippen LogP contribution in [0.2, 0.25) is 0 Å². The number of benzene rings is 1. The van der Waals surface area contributed by atoms with E-state index >= 15 is 0 Å². The normalized spacial score (nSPS) is 10.2. The first kappa shape index (κ1) is 15.3. The van der Waals surface area contributed by atoms with E-state index < -0.39 is 0 Å². The number of nitrogens with one attached hydrogen (secondary N) is 2. The summed E-state index contributed by atoms with van der Waals surface area (Å²) < 4.78 is 5.37. The number of anilines is 1. The first-order valence-corrected chi connectivity index (χ1v) is 7.69. The molecule has 2 rings (SSSR count). The maximum absolute atomic E-state index is 11.9. The highest BCUT2D eigenvalue weighted by Gasteiger charge is 2.05. The van der Waals surface area contributed by atoms with Gasteiger partial charge in [0.05, 0.1) is 25.3 Å². The van der Waals surface area contributed by atoms with Gasteiger partial charge in [0.2, 0.25) is 5.91 Å². The van der Waals surface area contributed by atoms with Crippen LogP contribution in [0.5, 0.6) is 5.75 Å². The van der Waals surface area contributed by atoms with Crippen LogP contribution in [0, 0.1) is 0 Å². The standard InChI is InChI=1S/C15H19N3O2S/c1-3-20-13-6-4-11(5-7-13)8-14(19)17-9-12-10-21-15(16-2)18-12/h4-7,10H,3,8-9H2,1-2H3,(H,16,18)(H,17,19). The van der Waals surface area contributed by atoms with Gasteiger partial charge in [0, 0.05) is 12.4 Å². The average molecular weight is 305 g/mol. The highest BCUT2D eigenvalue weighted by Crippen LogP contribution is 2.14. The number of aromatic nitrogens is 1. The molecule has 21 heavy (non-hydrogen) atoms. The van der Waals surface area contributed by atoms with Crippen LogP contribution in [-0.4, -0.2) is 24.5 Å². The zero-order chi connectivity index (χ0) is 15.1. The summed E-state index contributed by atoms with van der Waals surface area (Å²) >= 11 is 1.52. The fraction of sp³-hybridized carbons (Fsp3) is 0.333. The van der Waals surface area contributed by atoms with E-state index in [2.05, 4.69) is 15.6 Å². The number of hydrogen-bond acceptors (Lipinski definition) is 5. The van der Waals surface area contributed by atoms with Gasteiger partial charge in [-0.25, -0.2) is 4.98 Å². The number of rotatable bonds is 7. The van der Waals surface area contributed by atoms with Gasteiger partial charge in [-0.3, -0.25) is 4.79 Å². The molecule has 0 unspecified atom stereocenters. The van der Waals surface area contributed by atoms with Crippen LogP contribution in [-0.2, 0) is 17.8 Å². The topological polar surface area (TPSA) is 63.2 Å². The summed E-state index contributed by atoms with van der Waals surface area (Å²) in [5, 5.41) is 8.63. The van der Waals surface area contributed by atoms with Gasteiger partial charge in [0.1, 0.15) is 5.75 Å². The van der Waals surface area contributed by atoms with E-state index in [1.165, 1.54) is 11.3 Å². The molecule has 0 saturated heterocycles. The Bertz CT molecular complexity index is 581. The molecular formula is C15H19N3O2S. The molecule has 0 aliphatic heterocycles. The van der Waals surface area contributed by atoms with Gasteiger partial charge >= 0.3 is 0 Å². The Kier molecular flexibility index (Phi) is 5.57. The zero-order valence-corrected chi connectivity index (χ0v) is 13.0. The smallest absolute Gasteiger partial charge is 0.224 e. The van der Waals surface area contributed by atoms with Crippen LogP contribution in [0.1, 0.15) is 18.2 Å². The Balaban J connectivity index is 1.81. The molecule has 0 spiro atoms. The van der Waals surface area contributed by atoms with Gasteiger partial charge in [-0.05, 0) is 24.6 Å². The SMILES string of the molecule is CCOc1ccc(CC(=O)NCc2csc(NC)n2)cc1. The van der Waals surface area contributed by atoms with Crippen molar-refractivity contribution < 1.29 is 9.53 Å². The first-order valence-electron chi connectivity index (χ1n) is 6.82. The number of ether oxygens (including phenoxy) is 1. The van der Waals surface area contributed by atoms with Crippen molar-refractivity contribution >= 4 is 22.4 Å². The minimum atomic E-state index is -0.0156. The molecule has 0 atom stereocenters. The zero-order valence-electron chi connectivity index (χ0n) is 12.2. The number of thiazole rings is 1. The molecule has 1 heterocycles. The molecule has 112 valence electrons. The summed E-state index contributed by atoms with van der Waals surface area (Å²) in [7, 11) is 1.83. The fourth-order valence-electron chi connectivity index (χ4n) is 1.81. The number of carbonyl (C=O) groups excluding carboxylic acids is 1. The third-order valence-electron chi connectivity index (χ3n) is 2.83. The lowest BCUT2D eigenvalue weighted by molar-refractivity contribution is -0.120. The van der Waals surface area contributed by atoms with Gasteiger partial charge in [0.15, 0.2) is 5.13 Å². The molecule has 0 radical (unpaired) electrons. The van der Waals surface area contributed by atoms with E-state index in [4.69, 9.17) is 4.74 Å². The van der Waals surface area contributed by atoms with Gasteiger partial charge in [-0.1, -0.05) is 12.1 Å². The second-order valence-electron chi connectivity index (χ2n) is 4.42. The lowest BCUT2D eigenvalue weighted by atomic mass is 10.1. The third-order valence-corrected chi connectivity index (χ3v) is 3.74. The highest BCUT2D eigenvalue weighted by atomic mass is 32.1. The van der Waals surface area contributed by atoms with Gasteiger partial charge in [0.25, 0.3) is 0 Å². The van der Waals surface area contributed by atoms with Crippen molar-refractivity contribution in [1.29, 1.82) is 0 Å². The quantitative estimate of drug-likeness (QED) is 0.825. The van der Waals surface area contributed by atoms with Crippen LogP contribution in [0.4, 0.5) is 5.13 Å². The summed E-state index contributed by atoms with van der Waals surface area (Å²) in [6, 6.07) is 7.58. The minimum absolute atomic E-state index is 0.0156. The molecule has 1 aromatic heterocycles. The Hall–Kier alpha value is -2.08. The van der Waals surface area contributed by atoms with Crippen LogP contribution >= 0.6 is 11.3 Å². The van der Waals surface area contributed by atoms with Crippen LogP contribution in [0.15, 0.2) is 29.6 Å². The molecule has 2 N–H and O–H groups in total. The molecule has 0 saturated carbocycles. The van der Waals surface area contributed by atoms with Crippen LogP contribution in [0.3, 0.4) is 0 Å². The van der Waals surface area contributed by atoms with E-state index in [-0.39, 0.29) is 5.91 Å². The first-order chi connectivity index (χ1) is 10.2. The van der Waals surface area contributed by atoms with Crippen molar-refractivity contribution in [3.8, 4) is 5.75 Å². The molecule has 2 aromatic rings. The molecule has 0 aliphatic carbocycles. The Morgan fingerprint density at radius 2 is 2.10 bits per heavy atom. The van der Waals surface area contributed by atoms with Crippen LogP contribution in [0.25, 0.3) is 0 Å². The fourth-order valence-corrected chi connectivity index (χ4v) is 2.48. The number of amides is 1. The lowest BCUT2D eigenvalue weighted by Crippen LogP contribution is -2.24. The van der Waals surface area contributed by atoms with Crippen molar-refractivity contribution in [2.24, 2.45) is 0 Å². The van der Waals surface area contributed by atoms with Gasteiger partial charge in [-0.2, -0.15) is 0 Å². The second-order valence-corrected chi connectivity index (χ2v) is 5.28. The summed E-state index contributed by atoms with van der Waals surface area (Å²) in [4.78, 5) is 16.2. The van der Waals surface area contributed by atoms with Gasteiger partial charge in [-0.15, -0.1) is 11.3 Å². The average Bonchev–Trinajstić information content (AvgIpc) is 2.96. The summed E-state index contributed by atoms with van der Waals surface area (Å²) in [6.45, 7) is 3.04. The number of hydrogen-bond donors (Lipinski definition) is 2. The van der Waals surface area contributed by atoms with Crippen molar-refractivity contribution in [2.45, 2.75) is 19.9 Å². The Morgan fingerprint density at radius 3 is 2.71 bits per heavy atom. The number of carbonyl (C=O) groups is 1. The monoisotopic (exact) mass is 305 g/mol. The Labute approximate surface area is 128 Å². The maximum atomic E-state index is 11.9. The molecule has 0 bridgehead atoms. The molecule has 0 aliphatic rings. The summed E-state index contributed by atoms with van der Waals surface area (Å²) in [6.07, 6.45) is 0.357. The third kappa shape index (κ3) is 4.75. The van der Waals surface area contributed by atoms with Crippen LogP contribution < -0.4 is 15.4 Å². The number of nitrogens with zero attached hydrogens (tertiary/aromatic N) is 1. The predicted molar refractivity (Wildman–Crippen MR) is 84.8 cm³/mol. The largest absolute Gasteiger partial charge is 0.494 e. The minimum Gasteiger partial charge on any atom is -0.494 e. The van der Waals surface area contributed by atoms with E-state index in [9.17, 15) is 4.79 Å². The lowest BCUT2D eigenvalue weighted by Gasteiger charge is -2.06. The van der Waals surface area contributed by atoms with E-state index in [1.54, 1.807) is 0 Å². The van der Waals surface area contributed by atoms with Crippen molar-refractivity contribution in [3.05, 3.63) is 40.9 Å². The maximum Gasteiger partial charge on any atom is 0.224 e. The van der Waals surface area contributed by atoms with Crippen molar-refractivity contribution in [3.63, 3.8) is 0 Å². The van der Waals surface area contributed by atoms with E-state index in [0.717, 1.165) is 22.1 Å². The molecule has 1 amide bonds. The van der Waals surface area contributed by atoms with E-state index in [0.29, 0.717) is 19.6 Å². The van der Waals surface area contributed by atoms with Crippen molar-refractivity contribution in [2.75, 3.05) is 19.0 Å². The Morgan fingerprint density at radius 1 is 1.33 bits per heavy atom. The second kappa shape index (κ2) is 7.64. The van der Waals surface area contributed by atoms with Gasteiger partial charge < -0.3 is 15.4 Å². The summed E-state index contributed by atoms with van der Waals surface area (Å²) in [5.41, 5.74) is 1.83. The predicted octanol–water partition coefficient (Wildman–Crippen LogP) is 2.44. The molecule has 6 heteroatoms. The van der Waals surface area contributed by atoms with E-state index in [1.807, 2.05) is 43.6 Å². The molecule has 1 aromatic carbocycles. The molecule has 0 fully saturated rings. The molecule has 5 nitrogen and oxygen atoms in total. The summed E-state index contributed by atoms with van der Waals surface area (Å²) in [5.74, 6) is 0.807. The highest BCUT2D eigenvalue weighted by molar-refractivity contribution is 7.13. The molecular weight excluding hydrogens is 286 g/mol. The van der Waals surface area contributed by atoms with Crippen molar-refractivity contribution in [1.82, 2.24) is 10.3 Å².